The van der Waals surface area contributed by atoms with Crippen LogP contribution in [0.15, 0.2) is 53.6 Å². The largest absolute Gasteiger partial charge is 0.494 e. The molecule has 29 heavy (non-hydrogen) atoms. The van der Waals surface area contributed by atoms with Gasteiger partial charge in [-0.3, -0.25) is 4.79 Å². The number of fused-ring (bicyclic) bond motifs is 3. The first kappa shape index (κ1) is 18.8. The Hall–Kier alpha value is -3.59. The van der Waals surface area contributed by atoms with Crippen molar-refractivity contribution in [2.75, 3.05) is 7.11 Å². The van der Waals surface area contributed by atoms with Crippen LogP contribution >= 0.6 is 0 Å². The highest BCUT2D eigenvalue weighted by molar-refractivity contribution is 7.87. The summed E-state index contributed by atoms with van der Waals surface area (Å²) in [6.07, 6.45) is 1.40. The number of carbonyl (C=O) groups is 1. The summed E-state index contributed by atoms with van der Waals surface area (Å²) in [7, 11) is -2.59. The van der Waals surface area contributed by atoms with Gasteiger partial charge in [-0.1, -0.05) is 29.8 Å². The van der Waals surface area contributed by atoms with Crippen LogP contribution in [0.5, 0.6) is 11.5 Å². The Balaban J connectivity index is 1.92. The van der Waals surface area contributed by atoms with Crippen molar-refractivity contribution in [2.45, 2.75) is 11.8 Å². The lowest BCUT2D eigenvalue weighted by atomic mass is 10.1. The van der Waals surface area contributed by atoms with Gasteiger partial charge in [0.15, 0.2) is 11.4 Å². The summed E-state index contributed by atoms with van der Waals surface area (Å²) < 4.78 is 36.2. The van der Waals surface area contributed by atoms with E-state index in [0.29, 0.717) is 27.6 Å². The average Bonchev–Trinajstić information content (AvgIpc) is 3.08. The highest BCUT2D eigenvalue weighted by Crippen LogP contribution is 2.38. The fourth-order valence-corrected chi connectivity index (χ4v) is 4.10. The summed E-state index contributed by atoms with van der Waals surface area (Å²) in [4.78, 5) is 18.9. The summed E-state index contributed by atoms with van der Waals surface area (Å²) in [5.41, 5.74) is 7.11. The Bertz CT molecular complexity index is 1360. The number of aromatic amines is 1. The van der Waals surface area contributed by atoms with Crippen molar-refractivity contribution in [1.29, 1.82) is 0 Å². The third-order valence-corrected chi connectivity index (χ3v) is 5.80. The zero-order chi connectivity index (χ0) is 20.8. The van der Waals surface area contributed by atoms with E-state index in [2.05, 4.69) is 9.97 Å². The van der Waals surface area contributed by atoms with Gasteiger partial charge in [0.05, 0.1) is 29.7 Å². The number of aromatic nitrogens is 2. The van der Waals surface area contributed by atoms with Crippen molar-refractivity contribution in [3.8, 4) is 11.5 Å². The number of nitrogens with zero attached hydrogens (tertiary/aromatic N) is 1. The molecule has 0 aliphatic carbocycles. The minimum Gasteiger partial charge on any atom is -0.494 e. The van der Waals surface area contributed by atoms with Gasteiger partial charge in [-0.05, 0) is 25.1 Å². The van der Waals surface area contributed by atoms with E-state index in [0.717, 1.165) is 5.56 Å². The number of primary amides is 1. The van der Waals surface area contributed by atoms with Crippen LogP contribution in [-0.4, -0.2) is 31.4 Å². The van der Waals surface area contributed by atoms with Crippen molar-refractivity contribution in [2.24, 2.45) is 5.73 Å². The molecule has 0 unspecified atom stereocenters. The van der Waals surface area contributed by atoms with Crippen LogP contribution in [0.4, 0.5) is 0 Å². The van der Waals surface area contributed by atoms with Gasteiger partial charge in [0.1, 0.15) is 10.6 Å². The summed E-state index contributed by atoms with van der Waals surface area (Å²) in [5.74, 6) is -0.231. The molecule has 3 N–H and O–H groups in total. The van der Waals surface area contributed by atoms with Crippen LogP contribution in [0.3, 0.4) is 0 Å². The molecule has 9 heteroatoms. The quantitative estimate of drug-likeness (QED) is 0.487. The molecule has 2 heterocycles. The molecule has 2 aromatic carbocycles. The van der Waals surface area contributed by atoms with Crippen LogP contribution in [0, 0.1) is 6.92 Å². The number of ether oxygens (including phenoxy) is 1. The van der Waals surface area contributed by atoms with E-state index < -0.39 is 16.0 Å². The third kappa shape index (κ3) is 3.15. The second kappa shape index (κ2) is 6.78. The monoisotopic (exact) mass is 411 g/mol. The normalized spacial score (nSPS) is 11.7. The summed E-state index contributed by atoms with van der Waals surface area (Å²) in [6, 6.07) is 11.3. The van der Waals surface area contributed by atoms with E-state index >= 15 is 0 Å². The van der Waals surface area contributed by atoms with Gasteiger partial charge in [0, 0.05) is 5.39 Å². The number of nitrogens with two attached hydrogens (primary N) is 1. The predicted molar refractivity (Wildman–Crippen MR) is 108 cm³/mol. The van der Waals surface area contributed by atoms with Crippen LogP contribution in [0.1, 0.15) is 16.1 Å². The summed E-state index contributed by atoms with van der Waals surface area (Å²) >= 11 is 0. The molecule has 0 radical (unpaired) electrons. The number of H-pyrrole nitrogens is 1. The fraction of sp³-hybridized carbons (Fsp3) is 0.100. The number of carbonyl (C=O) groups excluding carboxylic acids is 1. The minimum absolute atomic E-state index is 0.0179. The second-order valence-electron chi connectivity index (χ2n) is 6.44. The van der Waals surface area contributed by atoms with Crippen LogP contribution in [0.2, 0.25) is 0 Å². The highest BCUT2D eigenvalue weighted by atomic mass is 32.2. The first-order valence-corrected chi connectivity index (χ1v) is 10.0. The molecule has 0 spiro atoms. The predicted octanol–water partition coefficient (Wildman–Crippen LogP) is 2.90. The van der Waals surface area contributed by atoms with E-state index in [1.165, 1.54) is 31.5 Å². The SMILES string of the molecule is COc1cnc(C(N)=O)c2[nH]c3c(OS(=O)(=O)c4ccc(C)cc4)cccc3c12. The Morgan fingerprint density at radius 3 is 2.45 bits per heavy atom. The maximum atomic E-state index is 12.7. The number of hydrogen-bond acceptors (Lipinski definition) is 6. The molecule has 0 atom stereocenters. The standard InChI is InChI=1S/C20H17N3O5S/c1-11-6-8-12(9-7-11)29(25,26)28-14-5-3-4-13-16-15(27-2)10-22-19(20(21)24)18(16)23-17(13)14/h3-10,23H,1-2H3,(H2,21,24). The van der Waals surface area contributed by atoms with Crippen LogP contribution in [-0.2, 0) is 10.1 Å². The van der Waals surface area contributed by atoms with Gasteiger partial charge in [0.2, 0.25) is 0 Å². The Morgan fingerprint density at radius 1 is 1.07 bits per heavy atom. The average molecular weight is 411 g/mol. The molecule has 4 rings (SSSR count). The zero-order valence-corrected chi connectivity index (χ0v) is 16.4. The van der Waals surface area contributed by atoms with E-state index in [1.807, 2.05) is 6.92 Å². The fourth-order valence-electron chi connectivity index (χ4n) is 3.16. The van der Waals surface area contributed by atoms with Crippen molar-refractivity contribution in [3.63, 3.8) is 0 Å². The maximum absolute atomic E-state index is 12.7. The molecule has 2 aromatic heterocycles. The van der Waals surface area contributed by atoms with Gasteiger partial charge in [-0.2, -0.15) is 8.42 Å². The lowest BCUT2D eigenvalue weighted by Gasteiger charge is -2.08. The van der Waals surface area contributed by atoms with Crippen LogP contribution < -0.4 is 14.7 Å². The molecular formula is C20H17N3O5S. The lowest BCUT2D eigenvalue weighted by molar-refractivity contribution is 0.0997. The molecule has 4 aromatic rings. The molecule has 0 bridgehead atoms. The third-order valence-electron chi connectivity index (χ3n) is 4.55. The number of pyridine rings is 1. The van der Waals surface area contributed by atoms with Crippen molar-refractivity contribution < 1.29 is 22.1 Å². The van der Waals surface area contributed by atoms with Gasteiger partial charge in [-0.15, -0.1) is 0 Å². The number of methoxy groups -OCH3 is 1. The number of aryl methyl sites for hydroxylation is 1. The molecule has 0 aliphatic heterocycles. The van der Waals surface area contributed by atoms with Gasteiger partial charge in [0.25, 0.3) is 5.91 Å². The Kier molecular flexibility index (Phi) is 4.39. The van der Waals surface area contributed by atoms with E-state index in [-0.39, 0.29) is 16.3 Å². The number of amides is 1. The van der Waals surface area contributed by atoms with Gasteiger partial charge in [-0.25, -0.2) is 4.98 Å². The minimum atomic E-state index is -4.06. The maximum Gasteiger partial charge on any atom is 0.339 e. The van der Waals surface area contributed by atoms with E-state index in [1.54, 1.807) is 24.3 Å². The number of rotatable bonds is 5. The zero-order valence-electron chi connectivity index (χ0n) is 15.6. The Morgan fingerprint density at radius 2 is 1.79 bits per heavy atom. The van der Waals surface area contributed by atoms with E-state index in [4.69, 9.17) is 14.7 Å². The van der Waals surface area contributed by atoms with Crippen LogP contribution in [0.25, 0.3) is 21.8 Å². The van der Waals surface area contributed by atoms with Crippen molar-refractivity contribution >= 4 is 37.8 Å². The first-order valence-electron chi connectivity index (χ1n) is 8.60. The lowest BCUT2D eigenvalue weighted by Crippen LogP contribution is -2.13. The van der Waals surface area contributed by atoms with Gasteiger partial charge >= 0.3 is 10.1 Å². The highest BCUT2D eigenvalue weighted by Gasteiger charge is 2.22. The smallest absolute Gasteiger partial charge is 0.339 e. The van der Waals surface area contributed by atoms with E-state index in [9.17, 15) is 13.2 Å². The van der Waals surface area contributed by atoms with Gasteiger partial charge < -0.3 is 19.6 Å². The first-order chi connectivity index (χ1) is 13.8. The molecule has 0 saturated heterocycles. The number of para-hydroxylation sites is 1. The number of nitrogens with one attached hydrogen (secondary N) is 1. The Labute approximate surface area is 166 Å². The number of benzene rings is 2. The van der Waals surface area contributed by atoms with Crippen molar-refractivity contribution in [3.05, 3.63) is 59.9 Å². The second-order valence-corrected chi connectivity index (χ2v) is 7.99. The summed E-state index contributed by atoms with van der Waals surface area (Å²) in [5, 5.41) is 1.17. The molecular weight excluding hydrogens is 394 g/mol. The molecule has 0 aliphatic rings. The molecule has 0 fully saturated rings. The number of hydrogen-bond donors (Lipinski definition) is 2. The molecule has 8 nitrogen and oxygen atoms in total. The molecule has 148 valence electrons. The van der Waals surface area contributed by atoms with Crippen molar-refractivity contribution in [1.82, 2.24) is 9.97 Å². The molecule has 1 amide bonds. The molecule has 0 saturated carbocycles. The summed E-state index contributed by atoms with van der Waals surface area (Å²) in [6.45, 7) is 1.86. The topological polar surface area (TPSA) is 124 Å².